The lowest BCUT2D eigenvalue weighted by molar-refractivity contribution is -0.345. The Morgan fingerprint density at radius 3 is 1.24 bits per heavy atom. The minimum absolute atomic E-state index is 0.0273. The number of nitrogens with one attached hydrogen (secondary N) is 2. The molecule has 4 aromatic carbocycles. The Hall–Kier alpha value is -9.93. The molecule has 4 saturated carbocycles. The number of rotatable bonds is 29. The zero-order valence-corrected chi connectivity index (χ0v) is 82.8. The highest BCUT2D eigenvalue weighted by atomic mass is 35.6. The van der Waals surface area contributed by atoms with Gasteiger partial charge in [-0.25, -0.2) is 28.8 Å². The standard InChI is InChI=1S/C48H54BCl3NO17.C43H48BCl3NO14.C5H6O3/c1-25-30(66-42(61)37(68-34(58)19-13-18-33(56)57)36(53-49-24-54)28-14-9-7-10-15-28)21-47(63)40(69-41(60)29-16-11-8-12-17-29)38-45(6,39(59)26(2)35(25)44(47,4)5)31(67-43(62)65-23-48(50,51)52)20-32-46(38,22-64-32)70-27(3)55;1-22-27(59-37(54)32(51)31(48-44-21-49)25-13-9-7-10-14-25)18-42(56)35(61-36(53)26-15-11-8-12-16-26)33-40(6,34(52)23(2)30(22)39(42,4)5)28(60-38(55)58-20-43(45,46)47)17-29-41(33,19-57-29)62-24(3)50;6-4-2-1-3-5(7)8-4/h7-12,14-17,24,26,30-32,36-38,40,53,63H,13,18-23H2,1-6H3,(H,56,57);7-16,21,23,27-29,31-33,35,48,51,56H,17-20H2,1-6H3;1-3H2/t26-,30+,31+,32-,36+,37-,38+,40+,45-,46+,47-;23-,27+,28+,29-,31+,32-,33+,35+,40-,41+,42-;/m11./s1. The fourth-order valence-corrected chi connectivity index (χ4v) is 22.1. The van der Waals surface area contributed by atoms with Crippen LogP contribution in [0.5, 0.6) is 0 Å². The first-order valence-corrected chi connectivity index (χ1v) is 47.2. The van der Waals surface area contributed by atoms with Gasteiger partial charge in [0.15, 0.2) is 17.3 Å². The van der Waals surface area contributed by atoms with E-state index in [1.54, 1.807) is 152 Å². The van der Waals surface area contributed by atoms with Crippen LogP contribution in [-0.4, -0.2) is 249 Å². The molecule has 2 radical (unpaired) electrons. The van der Waals surface area contributed by atoms with Crippen molar-refractivity contribution in [2.24, 2.45) is 45.3 Å². The number of aliphatic hydroxyl groups excluding tert-OH is 1. The van der Waals surface area contributed by atoms with Crippen LogP contribution in [0.15, 0.2) is 144 Å². The number of Topliss-reactive ketones (excluding diaryl/α,β-unsaturated/α-hetero) is 2. The number of fused-ring (bicyclic) bond motifs is 10. The first kappa shape index (κ1) is 110. The van der Waals surface area contributed by atoms with Crippen LogP contribution in [0.2, 0.25) is 0 Å². The van der Waals surface area contributed by atoms with E-state index in [4.69, 9.17) is 131 Å². The van der Waals surface area contributed by atoms with Crippen LogP contribution in [-0.2, 0) is 124 Å². The largest absolute Gasteiger partial charge is 0.508 e. The van der Waals surface area contributed by atoms with E-state index in [0.717, 1.165) is 28.7 Å². The van der Waals surface area contributed by atoms with Gasteiger partial charge in [0.25, 0.3) is 14.8 Å². The van der Waals surface area contributed by atoms with Crippen LogP contribution in [0.3, 0.4) is 0 Å². The van der Waals surface area contributed by atoms with Gasteiger partial charge in [-0.2, -0.15) is 0 Å². The number of carbonyl (C=O) groups excluding carboxylic acids is 15. The minimum atomic E-state index is -2.39. The summed E-state index contributed by atoms with van der Waals surface area (Å²) in [7, 11) is 2.01. The Balaban J connectivity index is 0.000000249. The number of benzene rings is 4. The number of aliphatic carboxylic acids is 1. The molecule has 6 aliphatic carbocycles. The molecule has 4 bridgehead atoms. The lowest BCUT2D eigenvalue weighted by atomic mass is 9.43. The highest BCUT2D eigenvalue weighted by Crippen LogP contribution is 2.68. The number of carboxylic acid groups (broad SMARTS) is 1. The van der Waals surface area contributed by atoms with Gasteiger partial charge in [0.2, 0.25) is 13.7 Å². The van der Waals surface area contributed by atoms with E-state index in [0.29, 0.717) is 53.9 Å². The first-order chi connectivity index (χ1) is 65.6. The Labute approximate surface area is 837 Å². The van der Waals surface area contributed by atoms with Crippen molar-refractivity contribution in [3.63, 3.8) is 0 Å². The second-order valence-electron chi connectivity index (χ2n) is 37.3. The van der Waals surface area contributed by atoms with Crippen LogP contribution in [0.25, 0.3) is 0 Å². The molecule has 36 nitrogen and oxygen atoms in total. The number of ketones is 2. The van der Waals surface area contributed by atoms with Crippen molar-refractivity contribution in [2.45, 2.75) is 250 Å². The minimum Gasteiger partial charge on any atom is -0.481 e. The van der Waals surface area contributed by atoms with E-state index >= 15 is 9.59 Å². The van der Waals surface area contributed by atoms with Gasteiger partial charge in [-0.3, -0.25) is 38.4 Å². The Morgan fingerprint density at radius 1 is 0.529 bits per heavy atom. The molecule has 9 aliphatic rings. The fourth-order valence-electron chi connectivity index (χ4n) is 21.8. The van der Waals surface area contributed by atoms with Crippen LogP contribution in [0.4, 0.5) is 9.59 Å². The quantitative estimate of drug-likeness (QED) is 0.00559. The molecular formula is C96H108B2Cl6N2O34. The maximum Gasteiger partial charge on any atom is 0.508 e. The Kier molecular flexibility index (Phi) is 35.1. The molecule has 140 heavy (non-hydrogen) atoms. The van der Waals surface area contributed by atoms with Crippen LogP contribution in [0.1, 0.15) is 191 Å². The molecule has 3 aliphatic heterocycles. The highest BCUT2D eigenvalue weighted by Gasteiger charge is 2.81. The summed E-state index contributed by atoms with van der Waals surface area (Å²) in [4.78, 5) is 211. The third-order valence-corrected chi connectivity index (χ3v) is 28.9. The number of carbonyl (C=O) groups is 16. The fraction of sp³-hybridized carbons (Fsp3) is 0.542. The van der Waals surface area contributed by atoms with Gasteiger partial charge >= 0.3 is 72.0 Å². The van der Waals surface area contributed by atoms with E-state index in [1.807, 2.05) is 0 Å². The summed E-state index contributed by atoms with van der Waals surface area (Å²) < 4.78 is 77.6. The van der Waals surface area contributed by atoms with Gasteiger partial charge in [0.05, 0.1) is 71.5 Å². The molecule has 754 valence electrons. The van der Waals surface area contributed by atoms with Crippen LogP contribution >= 0.6 is 69.6 Å². The number of aliphatic hydroxyl groups is 3. The molecule has 4 aromatic rings. The van der Waals surface area contributed by atoms with Crippen molar-refractivity contribution in [2.75, 3.05) is 26.4 Å². The molecule has 3 heterocycles. The highest BCUT2D eigenvalue weighted by molar-refractivity contribution is 6.68. The normalized spacial score (nSPS) is 30.2. The molecule has 44 heteroatoms. The molecule has 0 spiro atoms. The summed E-state index contributed by atoms with van der Waals surface area (Å²) in [5, 5.41) is 53.9. The summed E-state index contributed by atoms with van der Waals surface area (Å²) in [6.07, 6.45) is -18.2. The zero-order chi connectivity index (χ0) is 103. The summed E-state index contributed by atoms with van der Waals surface area (Å²) in [6, 6.07) is 29.7. The lowest BCUT2D eigenvalue weighted by Crippen LogP contribution is -2.81. The third-order valence-electron chi connectivity index (χ3n) is 28.2. The Bertz CT molecular complexity index is 5400. The van der Waals surface area contributed by atoms with E-state index in [1.165, 1.54) is 38.1 Å². The molecule has 0 unspecified atom stereocenters. The zero-order valence-electron chi connectivity index (χ0n) is 78.3. The second-order valence-corrected chi connectivity index (χ2v) is 42.4. The van der Waals surface area contributed by atoms with E-state index < -0.39 is 253 Å². The van der Waals surface area contributed by atoms with Gasteiger partial charge in [-0.15, -0.1) is 0 Å². The number of hydrogen-bond acceptors (Lipinski definition) is 35. The van der Waals surface area contributed by atoms with E-state index in [-0.39, 0.29) is 73.1 Å². The first-order valence-electron chi connectivity index (χ1n) is 44.9. The molecule has 7 fully saturated rings. The van der Waals surface area contributed by atoms with Crippen molar-refractivity contribution < 1.29 is 163 Å². The number of alkyl halides is 6. The number of hydrogen-bond donors (Lipinski definition) is 6. The molecule has 3 saturated heterocycles. The van der Waals surface area contributed by atoms with Crippen molar-refractivity contribution in [1.29, 1.82) is 0 Å². The second kappa shape index (κ2) is 44.5. The van der Waals surface area contributed by atoms with Crippen LogP contribution in [0, 0.1) is 45.3 Å². The summed E-state index contributed by atoms with van der Waals surface area (Å²) in [6.45, 7) is 16.1. The summed E-state index contributed by atoms with van der Waals surface area (Å²) >= 11 is 35.1. The maximum absolute atomic E-state index is 15.9. The average molecular weight is 2070 g/mol. The van der Waals surface area contributed by atoms with Crippen molar-refractivity contribution in [1.82, 2.24) is 10.5 Å². The van der Waals surface area contributed by atoms with Gasteiger partial charge < -0.3 is 107 Å². The van der Waals surface area contributed by atoms with Crippen molar-refractivity contribution in [3.8, 4) is 0 Å². The smallest absolute Gasteiger partial charge is 0.481 e. The summed E-state index contributed by atoms with van der Waals surface area (Å²) in [5.41, 5.74) is -13.2. The molecule has 6 N–H and O–H groups in total. The van der Waals surface area contributed by atoms with E-state index in [9.17, 15) is 87.5 Å². The van der Waals surface area contributed by atoms with Gasteiger partial charge in [0.1, 0.15) is 84.8 Å². The third kappa shape index (κ3) is 23.0. The SMILES string of the molecule is CC(=O)O[C@@]12CO[C@@H]1C[C@H](OC(=O)OCC(Cl)(Cl)Cl)[C@@]1(C)C(=O)[C@H](C)C3=C(C)[C@@H](OC(=O)[C@H](O)[C@@H](N[B]C=O)c4ccccc4)C[C@@](O)([C@@H](OC(=O)c4ccccc4)[C@H]21)C3(C)C.CC(=O)O[C@@]12CO[C@@H]1C[C@H](OC(=O)OCC(Cl)(Cl)Cl)[C@@]1(C)C(=O)[C@H](C)C3=C(C)[C@@H](OC(=O)[C@H](OC(=O)CCCC(=O)O)[C@@H](N[B]C=O)c4ccccc4)C[C@@](O)([C@@H](OC(=O)c4ccccc4)[C@H]21)C3(C)C.O=C1CCCC(=O)O1. The van der Waals surface area contributed by atoms with Crippen molar-refractivity contribution in [3.05, 3.63) is 166 Å². The number of ether oxygens (including phenoxy) is 14. The molecule has 0 aromatic heterocycles. The molecule has 22 atom stereocenters. The predicted molar refractivity (Wildman–Crippen MR) is 497 cm³/mol. The number of cyclic esters (lactones) is 2. The topological polar surface area (TPSA) is 507 Å². The number of carboxylic acids is 1. The predicted octanol–water partition coefficient (Wildman–Crippen LogP) is 10.9. The maximum atomic E-state index is 15.9. The van der Waals surface area contributed by atoms with E-state index in [2.05, 4.69) is 15.2 Å². The Morgan fingerprint density at radius 2 is 0.900 bits per heavy atom. The van der Waals surface area contributed by atoms with Crippen LogP contribution < -0.4 is 10.5 Å². The molecule has 13 rings (SSSR count). The number of halogens is 6. The van der Waals surface area contributed by atoms with Gasteiger partial charge in [0, 0.05) is 87.9 Å². The number of esters is 9. The van der Waals surface area contributed by atoms with Gasteiger partial charge in [-0.05, 0) is 98.2 Å². The monoisotopic (exact) mass is 2060 g/mol. The van der Waals surface area contributed by atoms with Gasteiger partial charge in [-0.1, -0.05) is 208 Å². The molecular weight excluding hydrogens is 1960 g/mol. The average Bonchev–Trinajstić information content (AvgIpc) is 0.670. The molecule has 0 amide bonds. The summed E-state index contributed by atoms with van der Waals surface area (Å²) in [5.74, 6) is -15.4. The van der Waals surface area contributed by atoms with Crippen molar-refractivity contribution >= 4 is 180 Å². The lowest BCUT2D eigenvalue weighted by Gasteiger charge is -2.67.